The molecule has 2 aromatic rings. The van der Waals surface area contributed by atoms with Gasteiger partial charge in [-0.1, -0.05) is 0 Å². The second-order valence-electron chi connectivity index (χ2n) is 3.02. The van der Waals surface area contributed by atoms with Gasteiger partial charge in [0.05, 0.1) is 11.1 Å². The first-order chi connectivity index (χ1) is 7.20. The molecular weight excluding hydrogens is 228 g/mol. The fraction of sp³-hybridized carbons (Fsp3) is 0. The number of hydrogen-bond donors (Lipinski definition) is 1. The van der Waals surface area contributed by atoms with Crippen molar-refractivity contribution >= 4 is 29.3 Å². The lowest BCUT2D eigenvalue weighted by atomic mass is 10.1. The van der Waals surface area contributed by atoms with Crippen molar-refractivity contribution in [3.63, 3.8) is 0 Å². The van der Waals surface area contributed by atoms with E-state index in [1.54, 1.807) is 18.2 Å². The van der Waals surface area contributed by atoms with Gasteiger partial charge in [-0.3, -0.25) is 0 Å². The lowest BCUT2D eigenvalue weighted by molar-refractivity contribution is 0.0697. The molecule has 0 saturated carbocycles. The highest BCUT2D eigenvalue weighted by Gasteiger charge is 2.04. The first-order valence-corrected chi connectivity index (χ1v) is 4.25. The van der Waals surface area contributed by atoms with Crippen molar-refractivity contribution in [3.05, 3.63) is 41.6 Å². The smallest absolute Gasteiger partial charge is 0.335 e. The van der Waals surface area contributed by atoms with Gasteiger partial charge in [-0.2, -0.15) is 5.26 Å². The number of aromatic carboxylic acids is 1. The van der Waals surface area contributed by atoms with Gasteiger partial charge in [0.15, 0.2) is 0 Å². The minimum Gasteiger partial charge on any atom is -0.478 e. The number of carboxylic acid groups (broad SMARTS) is 1. The Morgan fingerprint density at radius 1 is 1.31 bits per heavy atom. The van der Waals surface area contributed by atoms with E-state index in [9.17, 15) is 4.79 Å². The number of hydrogen-bond acceptors (Lipinski definition) is 3. The highest BCUT2D eigenvalue weighted by Crippen LogP contribution is 2.14. The third-order valence-electron chi connectivity index (χ3n) is 2.05. The number of carbonyl (C=O) groups is 1. The minimum atomic E-state index is -0.971. The maximum absolute atomic E-state index is 10.7. The van der Waals surface area contributed by atoms with E-state index in [0.29, 0.717) is 16.6 Å². The number of carboxylic acids is 1. The topological polar surface area (TPSA) is 74.0 Å². The zero-order valence-electron chi connectivity index (χ0n) is 8.04. The SMILES string of the molecule is Cl.N#Cc1ccc2cc(C(=O)O)ccc2n1. The van der Waals surface area contributed by atoms with E-state index in [-0.39, 0.29) is 18.0 Å². The maximum atomic E-state index is 10.7. The first kappa shape index (κ1) is 12.0. The molecule has 0 aliphatic rings. The molecule has 0 radical (unpaired) electrons. The number of fused-ring (bicyclic) bond motifs is 1. The van der Waals surface area contributed by atoms with Crippen LogP contribution in [0, 0.1) is 11.3 Å². The van der Waals surface area contributed by atoms with Gasteiger partial charge in [0.25, 0.3) is 0 Å². The molecule has 1 aromatic carbocycles. The summed E-state index contributed by atoms with van der Waals surface area (Å²) in [6.07, 6.45) is 0. The number of nitriles is 1. The molecule has 1 heterocycles. The molecule has 0 fully saturated rings. The molecule has 1 aromatic heterocycles. The van der Waals surface area contributed by atoms with Crippen molar-refractivity contribution in [1.82, 2.24) is 4.98 Å². The van der Waals surface area contributed by atoms with Crippen LogP contribution in [-0.2, 0) is 0 Å². The van der Waals surface area contributed by atoms with Crippen LogP contribution in [0.25, 0.3) is 10.9 Å². The minimum absolute atomic E-state index is 0. The molecule has 0 amide bonds. The van der Waals surface area contributed by atoms with Crippen molar-refractivity contribution < 1.29 is 9.90 Å². The van der Waals surface area contributed by atoms with E-state index in [0.717, 1.165) is 0 Å². The van der Waals surface area contributed by atoms with Crippen LogP contribution < -0.4 is 0 Å². The van der Waals surface area contributed by atoms with E-state index in [1.807, 2.05) is 6.07 Å². The number of pyridine rings is 1. The Kier molecular flexibility index (Phi) is 3.44. The Morgan fingerprint density at radius 3 is 2.69 bits per heavy atom. The third-order valence-corrected chi connectivity index (χ3v) is 2.05. The molecule has 0 atom stereocenters. The fourth-order valence-corrected chi connectivity index (χ4v) is 1.32. The van der Waals surface area contributed by atoms with Crippen molar-refractivity contribution in [1.29, 1.82) is 5.26 Å². The van der Waals surface area contributed by atoms with Crippen LogP contribution in [0.15, 0.2) is 30.3 Å². The van der Waals surface area contributed by atoms with E-state index >= 15 is 0 Å². The lowest BCUT2D eigenvalue weighted by Gasteiger charge is -1.99. The van der Waals surface area contributed by atoms with Crippen molar-refractivity contribution in [2.45, 2.75) is 0 Å². The largest absolute Gasteiger partial charge is 0.478 e. The van der Waals surface area contributed by atoms with Crippen LogP contribution in [0.3, 0.4) is 0 Å². The van der Waals surface area contributed by atoms with Gasteiger partial charge in [0.2, 0.25) is 0 Å². The van der Waals surface area contributed by atoms with Crippen LogP contribution in [-0.4, -0.2) is 16.1 Å². The van der Waals surface area contributed by atoms with Crippen LogP contribution in [0.2, 0.25) is 0 Å². The Bertz CT molecular complexity index is 590. The molecule has 1 N–H and O–H groups in total. The number of rotatable bonds is 1. The van der Waals surface area contributed by atoms with Gasteiger partial charge in [-0.25, -0.2) is 9.78 Å². The van der Waals surface area contributed by atoms with Crippen molar-refractivity contribution in [2.75, 3.05) is 0 Å². The number of halogens is 1. The van der Waals surface area contributed by atoms with Gasteiger partial charge in [-0.15, -0.1) is 12.4 Å². The summed E-state index contributed by atoms with van der Waals surface area (Å²) < 4.78 is 0. The van der Waals surface area contributed by atoms with E-state index in [1.165, 1.54) is 12.1 Å². The molecule has 0 unspecified atom stereocenters. The zero-order chi connectivity index (χ0) is 10.8. The summed E-state index contributed by atoms with van der Waals surface area (Å²) in [7, 11) is 0. The molecule has 5 heteroatoms. The zero-order valence-corrected chi connectivity index (χ0v) is 8.86. The van der Waals surface area contributed by atoms with Gasteiger partial charge in [0, 0.05) is 5.39 Å². The van der Waals surface area contributed by atoms with Crippen molar-refractivity contribution in [2.24, 2.45) is 0 Å². The summed E-state index contributed by atoms with van der Waals surface area (Å²) in [4.78, 5) is 14.7. The van der Waals surface area contributed by atoms with Gasteiger partial charge < -0.3 is 5.11 Å². The van der Waals surface area contributed by atoms with Gasteiger partial charge in [0.1, 0.15) is 11.8 Å². The Labute approximate surface area is 97.6 Å². The van der Waals surface area contributed by atoms with E-state index in [2.05, 4.69) is 4.98 Å². The molecule has 4 nitrogen and oxygen atoms in total. The lowest BCUT2D eigenvalue weighted by Crippen LogP contribution is -1.95. The molecule has 16 heavy (non-hydrogen) atoms. The Balaban J connectivity index is 0.00000128. The number of aromatic nitrogens is 1. The molecular formula is C11H7ClN2O2. The second kappa shape index (κ2) is 4.60. The summed E-state index contributed by atoms with van der Waals surface area (Å²) in [5, 5.41) is 18.1. The molecule has 80 valence electrons. The fourth-order valence-electron chi connectivity index (χ4n) is 1.32. The quantitative estimate of drug-likeness (QED) is 0.821. The highest BCUT2D eigenvalue weighted by atomic mass is 35.5. The standard InChI is InChI=1S/C11H6N2O2.ClH/c12-6-9-3-1-7-5-8(11(14)15)2-4-10(7)13-9;/h1-5H,(H,14,15);1H. The van der Waals surface area contributed by atoms with Crippen LogP contribution in [0.1, 0.15) is 16.1 Å². The van der Waals surface area contributed by atoms with E-state index < -0.39 is 5.97 Å². The van der Waals surface area contributed by atoms with Crippen LogP contribution in [0.4, 0.5) is 0 Å². The number of benzene rings is 1. The van der Waals surface area contributed by atoms with Crippen LogP contribution in [0.5, 0.6) is 0 Å². The maximum Gasteiger partial charge on any atom is 0.335 e. The molecule has 2 rings (SSSR count). The first-order valence-electron chi connectivity index (χ1n) is 4.25. The third kappa shape index (κ3) is 2.10. The number of nitrogens with zero attached hydrogens (tertiary/aromatic N) is 2. The van der Waals surface area contributed by atoms with E-state index in [4.69, 9.17) is 10.4 Å². The normalized spacial score (nSPS) is 9.19. The molecule has 0 spiro atoms. The summed E-state index contributed by atoms with van der Waals surface area (Å²) in [6.45, 7) is 0. The summed E-state index contributed by atoms with van der Waals surface area (Å²) in [5.41, 5.74) is 1.17. The molecule has 0 saturated heterocycles. The van der Waals surface area contributed by atoms with Crippen molar-refractivity contribution in [3.8, 4) is 6.07 Å². The molecule has 0 bridgehead atoms. The second-order valence-corrected chi connectivity index (χ2v) is 3.02. The van der Waals surface area contributed by atoms with Crippen LogP contribution >= 0.6 is 12.4 Å². The Hall–Kier alpha value is -2.12. The van der Waals surface area contributed by atoms with Gasteiger partial charge >= 0.3 is 5.97 Å². The van der Waals surface area contributed by atoms with Gasteiger partial charge in [-0.05, 0) is 30.3 Å². The molecule has 0 aliphatic heterocycles. The average molecular weight is 235 g/mol. The summed E-state index contributed by atoms with van der Waals surface area (Å²) in [5.74, 6) is -0.971. The predicted molar refractivity (Wildman–Crippen MR) is 60.7 cm³/mol. The monoisotopic (exact) mass is 234 g/mol. The predicted octanol–water partition coefficient (Wildman–Crippen LogP) is 2.23. The average Bonchev–Trinajstić information content (AvgIpc) is 2.27. The highest BCUT2D eigenvalue weighted by molar-refractivity contribution is 5.93. The summed E-state index contributed by atoms with van der Waals surface area (Å²) in [6, 6.07) is 9.78. The molecule has 0 aliphatic carbocycles. The Morgan fingerprint density at radius 2 is 2.06 bits per heavy atom. The summed E-state index contributed by atoms with van der Waals surface area (Å²) >= 11 is 0.